The van der Waals surface area contributed by atoms with Gasteiger partial charge in [-0.15, -0.1) is 0 Å². The number of aliphatic hydroxyl groups is 4. The number of nitrogen functional groups attached to an aromatic ring is 1. The molecule has 10 aromatic heterocycles. The summed E-state index contributed by atoms with van der Waals surface area (Å²) in [6.45, 7) is 3.49. The van der Waals surface area contributed by atoms with Gasteiger partial charge in [0, 0.05) is 82.1 Å². The summed E-state index contributed by atoms with van der Waals surface area (Å²) < 4.78 is 67.1. The van der Waals surface area contributed by atoms with Crippen molar-refractivity contribution in [2.75, 3.05) is 71.8 Å². The Morgan fingerprint density at radius 1 is 0.568 bits per heavy atom. The highest BCUT2D eigenvalue weighted by Crippen LogP contribution is 2.39. The number of aliphatic hydroxyl groups excluding tert-OH is 4. The molecular weight excluding hydrogens is 1410 g/mol. The Kier molecular flexibility index (Phi) is 23.9. The van der Waals surface area contributed by atoms with Gasteiger partial charge in [0.1, 0.15) is 110 Å². The number of rotatable bonds is 13. The summed E-state index contributed by atoms with van der Waals surface area (Å²) in [6.07, 6.45) is 17.0. The molecule has 34 heteroatoms. The summed E-state index contributed by atoms with van der Waals surface area (Å²) in [6, 6.07) is 12.3. The first-order valence-corrected chi connectivity index (χ1v) is 31.4. The fourth-order valence-electron chi connectivity index (χ4n) is 9.87. The van der Waals surface area contributed by atoms with E-state index in [0.717, 1.165) is 59.0 Å². The van der Waals surface area contributed by atoms with E-state index in [2.05, 4.69) is 79.9 Å². The predicted molar refractivity (Wildman–Crippen MR) is 354 cm³/mol. The lowest BCUT2D eigenvalue weighted by Gasteiger charge is -2.27. The molecule has 2 aromatic carbocycles. The molecule has 3 aliphatic rings. The van der Waals surface area contributed by atoms with E-state index >= 15 is 4.39 Å². The van der Waals surface area contributed by atoms with Crippen LogP contribution in [0.3, 0.4) is 0 Å². The number of aldehydes is 1. The van der Waals surface area contributed by atoms with E-state index < -0.39 is 29.5 Å². The molecule has 0 bridgehead atoms. The van der Waals surface area contributed by atoms with Gasteiger partial charge in [-0.3, -0.25) is 4.98 Å². The highest BCUT2D eigenvalue weighted by atomic mass is 79.9. The molecule has 3 saturated heterocycles. The molecule has 3 aliphatic heterocycles. The lowest BCUT2D eigenvalue weighted by molar-refractivity contribution is -0.107. The SMILES string of the molecule is Clc1ncnc2c1c(Br)cn2C1COC1.Clc1ncnc2c1ccn2C1COC1.NC(CO)CO.Nc1ncnc2c1c(-c1ccc3cc(Cc4cc(F)cc(F)c4)ncc3c1F)cn2C1COC1.O=CCc1c(Cl)ncnc1Cl.OCC(CO)n1ccc2c(Cl)ncnc21. The Morgan fingerprint density at radius 2 is 1.08 bits per heavy atom. The number of hydrogen-bond acceptors (Lipinski definition) is 21. The number of carbonyl (C=O) groups excluding carboxylic acids is 1. The maximum absolute atomic E-state index is 15.7. The number of benzene rings is 2. The van der Waals surface area contributed by atoms with Crippen LogP contribution in [0.2, 0.25) is 25.8 Å². The first-order valence-electron chi connectivity index (χ1n) is 28.7. The molecule has 3 fully saturated rings. The van der Waals surface area contributed by atoms with Crippen molar-refractivity contribution in [3.05, 3.63) is 176 Å². The normalized spacial score (nSPS) is 13.8. The van der Waals surface area contributed by atoms with Crippen LogP contribution in [0.25, 0.3) is 66.0 Å². The summed E-state index contributed by atoms with van der Waals surface area (Å²) in [5.41, 5.74) is 16.6. The Balaban J connectivity index is 0.000000136. The molecule has 8 N–H and O–H groups in total. The molecule has 13 heterocycles. The lowest BCUT2D eigenvalue weighted by atomic mass is 10.00. The van der Waals surface area contributed by atoms with Crippen LogP contribution in [0, 0.1) is 17.5 Å². The van der Waals surface area contributed by atoms with Gasteiger partial charge in [-0.05, 0) is 57.2 Å². The van der Waals surface area contributed by atoms with Crippen LogP contribution < -0.4 is 11.5 Å². The van der Waals surface area contributed by atoms with Gasteiger partial charge in [0.05, 0.1) is 118 Å². The van der Waals surface area contributed by atoms with E-state index in [-0.39, 0.29) is 61.4 Å². The van der Waals surface area contributed by atoms with Crippen molar-refractivity contribution in [2.45, 2.75) is 43.1 Å². The maximum atomic E-state index is 15.7. The van der Waals surface area contributed by atoms with Gasteiger partial charge >= 0.3 is 0 Å². The molecule has 25 nitrogen and oxygen atoms in total. The molecule has 95 heavy (non-hydrogen) atoms. The largest absolute Gasteiger partial charge is 0.395 e. The molecule has 0 atom stereocenters. The highest BCUT2D eigenvalue weighted by Gasteiger charge is 2.28. The zero-order chi connectivity index (χ0) is 67.4. The van der Waals surface area contributed by atoms with Crippen molar-refractivity contribution in [2.24, 2.45) is 5.73 Å². The molecular formula is C61H56BrCl5F3N17O8. The average molecular weight is 1470 g/mol. The number of anilines is 1. The minimum Gasteiger partial charge on any atom is -0.395 e. The third kappa shape index (κ3) is 16.1. The van der Waals surface area contributed by atoms with Gasteiger partial charge in [0.25, 0.3) is 0 Å². The fourth-order valence-corrected chi connectivity index (χ4v) is 11.6. The Morgan fingerprint density at radius 3 is 1.65 bits per heavy atom. The van der Waals surface area contributed by atoms with Gasteiger partial charge in [-0.25, -0.2) is 63.0 Å². The maximum Gasteiger partial charge on any atom is 0.146 e. The minimum absolute atomic E-state index is 0.103. The first-order chi connectivity index (χ1) is 45.9. The minimum atomic E-state index is -0.651. The summed E-state index contributed by atoms with van der Waals surface area (Å²) >= 11 is 32.5. The van der Waals surface area contributed by atoms with Crippen LogP contribution in [-0.4, -0.2) is 172 Å². The van der Waals surface area contributed by atoms with Crippen LogP contribution in [0.4, 0.5) is 19.0 Å². The molecule has 15 rings (SSSR count). The summed E-state index contributed by atoms with van der Waals surface area (Å²) in [7, 11) is 0. The topological polar surface area (TPSA) is 339 Å². The molecule has 496 valence electrons. The molecule has 0 saturated carbocycles. The second-order valence-corrected chi connectivity index (χ2v) is 23.8. The van der Waals surface area contributed by atoms with Gasteiger partial charge in [-0.2, -0.15) is 0 Å². The van der Waals surface area contributed by atoms with Crippen molar-refractivity contribution < 1.29 is 52.6 Å². The third-order valence-corrected chi connectivity index (χ3v) is 17.2. The van der Waals surface area contributed by atoms with E-state index in [0.29, 0.717) is 108 Å². The molecule has 0 radical (unpaired) electrons. The van der Waals surface area contributed by atoms with Gasteiger partial charge < -0.3 is 69.2 Å². The summed E-state index contributed by atoms with van der Waals surface area (Å²) in [4.78, 5) is 54.5. The number of ether oxygens (including phenoxy) is 3. The van der Waals surface area contributed by atoms with Crippen molar-refractivity contribution in [3.8, 4) is 11.1 Å². The van der Waals surface area contributed by atoms with E-state index in [1.165, 1.54) is 50.0 Å². The predicted octanol–water partition coefficient (Wildman–Crippen LogP) is 9.32. The Bertz CT molecular complexity index is 4610. The first kappa shape index (κ1) is 70.1. The number of carbonyl (C=O) groups is 1. The van der Waals surface area contributed by atoms with Crippen LogP contribution in [0.5, 0.6) is 0 Å². The molecule has 12 aromatic rings. The van der Waals surface area contributed by atoms with Crippen molar-refractivity contribution >= 4 is 141 Å². The highest BCUT2D eigenvalue weighted by molar-refractivity contribution is 9.10. The number of nitrogens with zero attached hydrogens (tertiary/aromatic N) is 15. The lowest BCUT2D eigenvalue weighted by Crippen LogP contribution is -2.30. The van der Waals surface area contributed by atoms with E-state index in [1.807, 2.05) is 29.2 Å². The number of fused-ring (bicyclic) bond motifs is 5. The summed E-state index contributed by atoms with van der Waals surface area (Å²) in [5, 5.41) is 40.1. The zero-order valence-electron chi connectivity index (χ0n) is 49.5. The summed E-state index contributed by atoms with van der Waals surface area (Å²) in [5.74, 6) is -1.47. The van der Waals surface area contributed by atoms with E-state index in [1.54, 1.807) is 35.0 Å². The standard InChI is InChI=1S/C25H18F3N5O.C9H7BrClN3O.C9H10ClN3O2.C9H8ClN3O.C6H4Cl2N2O.C3H9NO2/c26-15-3-13(4-16(27)7-15)5-17-6-14-1-2-19(23(28)20(14)8-30-17)21-9-33(18-10-34-11-18)25-22(21)24(29)31-12-32-25;10-6-1-14(5-2-15-3-5)9-7(6)8(11)12-4-13-9;10-8-7-1-2-13(6(3-14)4-15)9(7)12-5-11-8;10-8-7-1-2-13(6-3-14-4-6)9(7)12-5-11-8;7-5-4(1-2-11)6(8)10-3-9-5;4-3(1-5)2-6/h1-4,6-9,12,18H,5,10-11H2,(H2,29,31,32);1,4-5H,2-3H2;1-2,5-6,14-15H,3-4H2;1-2,5-6H,3-4H2;2-3H,1H2;3,5-6H,1-2,4H2. The van der Waals surface area contributed by atoms with Crippen LogP contribution in [-0.2, 0) is 31.8 Å². The van der Waals surface area contributed by atoms with Gasteiger partial charge in [0.15, 0.2) is 0 Å². The van der Waals surface area contributed by atoms with Crippen molar-refractivity contribution in [1.29, 1.82) is 0 Å². The van der Waals surface area contributed by atoms with Crippen molar-refractivity contribution in [1.82, 2.24) is 73.1 Å². The number of pyridine rings is 1. The molecule has 0 spiro atoms. The number of aromatic nitrogens is 15. The third-order valence-electron chi connectivity index (χ3n) is 15.0. The van der Waals surface area contributed by atoms with Crippen LogP contribution in [0.15, 0.2) is 116 Å². The molecule has 0 amide bonds. The number of nitrogens with two attached hydrogens (primary N) is 2. The Hall–Kier alpha value is -7.72. The Labute approximate surface area is 570 Å². The second-order valence-electron chi connectivity index (χ2n) is 21.2. The quantitative estimate of drug-likeness (QED) is 0.0462. The smallest absolute Gasteiger partial charge is 0.146 e. The zero-order valence-corrected chi connectivity index (χ0v) is 54.9. The van der Waals surface area contributed by atoms with Crippen molar-refractivity contribution in [3.63, 3.8) is 0 Å². The second kappa shape index (κ2) is 32.3. The van der Waals surface area contributed by atoms with Crippen LogP contribution in [0.1, 0.15) is 41.0 Å². The van der Waals surface area contributed by atoms with Crippen LogP contribution >= 0.6 is 73.9 Å². The number of halogens is 9. The van der Waals surface area contributed by atoms with Gasteiger partial charge in [-0.1, -0.05) is 70.1 Å². The molecule has 0 aliphatic carbocycles. The van der Waals surface area contributed by atoms with E-state index in [4.69, 9.17) is 104 Å². The average Bonchev–Trinajstić information content (AvgIpc) is 1.63. The van der Waals surface area contributed by atoms with E-state index in [9.17, 15) is 13.6 Å². The number of hydrogen-bond donors (Lipinski definition) is 6. The monoisotopic (exact) mass is 1470 g/mol. The van der Waals surface area contributed by atoms with Gasteiger partial charge in [0.2, 0.25) is 0 Å². The molecule has 0 unspecified atom stereocenters. The fraction of sp³-hybridized carbons (Fsp3) is 0.279.